The van der Waals surface area contributed by atoms with Crippen LogP contribution < -0.4 is 5.56 Å². The fourth-order valence-corrected chi connectivity index (χ4v) is 4.21. The van der Waals surface area contributed by atoms with Crippen molar-refractivity contribution in [3.63, 3.8) is 0 Å². The Morgan fingerprint density at radius 1 is 1.33 bits per heavy atom. The molecule has 0 saturated heterocycles. The van der Waals surface area contributed by atoms with Crippen molar-refractivity contribution in [1.82, 2.24) is 14.5 Å². The number of thiophene rings is 1. The topological polar surface area (TPSA) is 60.9 Å². The number of hydrogen-bond acceptors (Lipinski definition) is 6. The van der Waals surface area contributed by atoms with Gasteiger partial charge in [-0.25, -0.2) is 9.97 Å². The van der Waals surface area contributed by atoms with Crippen LogP contribution in [0.2, 0.25) is 0 Å². The summed E-state index contributed by atoms with van der Waals surface area (Å²) in [6.07, 6.45) is 2.52. The fourth-order valence-electron chi connectivity index (χ4n) is 2.51. The van der Waals surface area contributed by atoms with Crippen LogP contribution in [0.15, 0.2) is 39.1 Å². The van der Waals surface area contributed by atoms with Crippen molar-refractivity contribution in [2.45, 2.75) is 26.8 Å². The highest BCUT2D eigenvalue weighted by molar-refractivity contribution is 7.18. The standard InChI is InChI=1S/C17H15N3O2S2/c1-3-12-6-13-15(24-12)18-9-20(17(13)21)7-11-8-23-16(19-11)14-5-4-10(2)22-14/h4-6,8-9H,3,7H2,1-2H3. The average Bonchev–Trinajstić information content (AvgIpc) is 3.29. The van der Waals surface area contributed by atoms with E-state index in [4.69, 9.17) is 4.42 Å². The Bertz CT molecular complexity index is 1070. The predicted molar refractivity (Wildman–Crippen MR) is 96.9 cm³/mol. The van der Waals surface area contributed by atoms with Crippen LogP contribution in [0.1, 0.15) is 23.3 Å². The van der Waals surface area contributed by atoms with Crippen LogP contribution in [-0.2, 0) is 13.0 Å². The van der Waals surface area contributed by atoms with Crippen LogP contribution in [0.25, 0.3) is 21.0 Å². The maximum Gasteiger partial charge on any atom is 0.262 e. The summed E-state index contributed by atoms with van der Waals surface area (Å²) in [7, 11) is 0. The van der Waals surface area contributed by atoms with Gasteiger partial charge in [0.2, 0.25) is 0 Å². The molecule has 5 nitrogen and oxygen atoms in total. The summed E-state index contributed by atoms with van der Waals surface area (Å²) in [6, 6.07) is 5.78. The van der Waals surface area contributed by atoms with E-state index in [0.29, 0.717) is 11.9 Å². The van der Waals surface area contributed by atoms with Crippen molar-refractivity contribution in [2.75, 3.05) is 0 Å². The van der Waals surface area contributed by atoms with E-state index in [9.17, 15) is 4.79 Å². The van der Waals surface area contributed by atoms with Gasteiger partial charge in [-0.15, -0.1) is 22.7 Å². The second kappa shape index (κ2) is 5.99. The summed E-state index contributed by atoms with van der Waals surface area (Å²) in [5.74, 6) is 1.62. The Morgan fingerprint density at radius 3 is 2.96 bits per heavy atom. The van der Waals surface area contributed by atoms with E-state index in [1.807, 2.05) is 30.5 Å². The summed E-state index contributed by atoms with van der Waals surface area (Å²) in [5.41, 5.74) is 0.817. The fraction of sp³-hybridized carbons (Fsp3) is 0.235. The molecule has 4 aromatic heterocycles. The van der Waals surface area contributed by atoms with Gasteiger partial charge in [0.15, 0.2) is 10.8 Å². The molecule has 0 N–H and O–H groups in total. The summed E-state index contributed by atoms with van der Waals surface area (Å²) in [5, 5.41) is 3.47. The molecule has 0 radical (unpaired) electrons. The molecule has 0 aliphatic heterocycles. The third-order valence-electron chi connectivity index (χ3n) is 3.75. The first kappa shape index (κ1) is 15.3. The largest absolute Gasteiger partial charge is 0.459 e. The van der Waals surface area contributed by atoms with Gasteiger partial charge in [-0.3, -0.25) is 9.36 Å². The van der Waals surface area contributed by atoms with Gasteiger partial charge in [-0.05, 0) is 31.5 Å². The molecule has 0 bridgehead atoms. The van der Waals surface area contributed by atoms with Gasteiger partial charge in [-0.2, -0.15) is 0 Å². The zero-order valence-electron chi connectivity index (χ0n) is 13.3. The zero-order chi connectivity index (χ0) is 16.7. The van der Waals surface area contributed by atoms with E-state index < -0.39 is 0 Å². The quantitative estimate of drug-likeness (QED) is 0.552. The van der Waals surface area contributed by atoms with Gasteiger partial charge in [0.1, 0.15) is 10.6 Å². The Kier molecular flexibility index (Phi) is 3.82. The van der Waals surface area contributed by atoms with E-state index >= 15 is 0 Å². The first-order chi connectivity index (χ1) is 11.6. The summed E-state index contributed by atoms with van der Waals surface area (Å²) in [4.78, 5) is 23.6. The van der Waals surface area contributed by atoms with Crippen molar-refractivity contribution >= 4 is 32.9 Å². The lowest BCUT2D eigenvalue weighted by Crippen LogP contribution is -2.20. The molecule has 0 atom stereocenters. The van der Waals surface area contributed by atoms with E-state index in [2.05, 4.69) is 16.9 Å². The molecule has 4 heterocycles. The lowest BCUT2D eigenvalue weighted by atomic mass is 10.3. The summed E-state index contributed by atoms with van der Waals surface area (Å²) >= 11 is 3.09. The van der Waals surface area contributed by atoms with Crippen molar-refractivity contribution < 1.29 is 4.42 Å². The van der Waals surface area contributed by atoms with Crippen LogP contribution in [0.3, 0.4) is 0 Å². The van der Waals surface area contributed by atoms with Crippen molar-refractivity contribution in [3.8, 4) is 10.8 Å². The van der Waals surface area contributed by atoms with Gasteiger partial charge < -0.3 is 4.42 Å². The molecule has 4 rings (SSSR count). The molecule has 0 fully saturated rings. The minimum atomic E-state index is -0.0145. The second-order valence-corrected chi connectivity index (χ2v) is 7.49. The van der Waals surface area contributed by atoms with Gasteiger partial charge in [-0.1, -0.05) is 6.92 Å². The van der Waals surface area contributed by atoms with E-state index in [1.165, 1.54) is 16.2 Å². The van der Waals surface area contributed by atoms with Gasteiger partial charge in [0, 0.05) is 10.3 Å². The van der Waals surface area contributed by atoms with Crippen LogP contribution >= 0.6 is 22.7 Å². The molecule has 0 saturated carbocycles. The van der Waals surface area contributed by atoms with E-state index in [0.717, 1.165) is 33.5 Å². The summed E-state index contributed by atoms with van der Waals surface area (Å²) < 4.78 is 7.21. The molecule has 0 aliphatic rings. The van der Waals surface area contributed by atoms with Gasteiger partial charge >= 0.3 is 0 Å². The number of furan rings is 1. The third-order valence-corrected chi connectivity index (χ3v) is 5.85. The third kappa shape index (κ3) is 2.70. The SMILES string of the molecule is CCc1cc2c(=O)n(Cc3csc(-c4ccc(C)o4)n3)cnc2s1. The van der Waals surface area contributed by atoms with Gasteiger partial charge in [0.25, 0.3) is 5.56 Å². The first-order valence-electron chi connectivity index (χ1n) is 7.63. The smallest absolute Gasteiger partial charge is 0.262 e. The van der Waals surface area contributed by atoms with Crippen LogP contribution in [0.5, 0.6) is 0 Å². The predicted octanol–water partition coefficient (Wildman–Crippen LogP) is 4.09. The molecule has 0 amide bonds. The Labute approximate surface area is 146 Å². The highest BCUT2D eigenvalue weighted by atomic mass is 32.1. The monoisotopic (exact) mass is 357 g/mol. The van der Waals surface area contributed by atoms with E-state index in [-0.39, 0.29) is 5.56 Å². The molecule has 24 heavy (non-hydrogen) atoms. The van der Waals surface area contributed by atoms with Crippen LogP contribution in [0.4, 0.5) is 0 Å². The minimum absolute atomic E-state index is 0.0145. The maximum absolute atomic E-state index is 12.6. The Hall–Kier alpha value is -2.25. The normalized spacial score (nSPS) is 11.4. The molecular weight excluding hydrogens is 342 g/mol. The van der Waals surface area contributed by atoms with Crippen LogP contribution in [-0.4, -0.2) is 14.5 Å². The van der Waals surface area contributed by atoms with Crippen LogP contribution in [0, 0.1) is 6.92 Å². The molecule has 4 aromatic rings. The average molecular weight is 357 g/mol. The molecular formula is C17H15N3O2S2. The lowest BCUT2D eigenvalue weighted by molar-refractivity contribution is 0.547. The number of hydrogen-bond donors (Lipinski definition) is 0. The highest BCUT2D eigenvalue weighted by Crippen LogP contribution is 2.26. The second-order valence-electron chi connectivity index (χ2n) is 5.52. The minimum Gasteiger partial charge on any atom is -0.459 e. The molecule has 0 aliphatic carbocycles. The molecule has 122 valence electrons. The zero-order valence-corrected chi connectivity index (χ0v) is 14.9. The molecule has 0 aromatic carbocycles. The number of nitrogens with zero attached hydrogens (tertiary/aromatic N) is 3. The van der Waals surface area contributed by atoms with Crippen molar-refractivity contribution in [3.05, 3.63) is 56.6 Å². The molecule has 0 spiro atoms. The van der Waals surface area contributed by atoms with Crippen molar-refractivity contribution in [1.29, 1.82) is 0 Å². The highest BCUT2D eigenvalue weighted by Gasteiger charge is 2.12. The number of thiazole rings is 1. The molecule has 0 unspecified atom stereocenters. The Balaban J connectivity index is 1.66. The van der Waals surface area contributed by atoms with Gasteiger partial charge in [0.05, 0.1) is 24.0 Å². The number of rotatable bonds is 4. The van der Waals surface area contributed by atoms with E-state index in [1.54, 1.807) is 22.2 Å². The lowest BCUT2D eigenvalue weighted by Gasteiger charge is -2.02. The summed E-state index contributed by atoms with van der Waals surface area (Å²) in [6.45, 7) is 4.40. The first-order valence-corrected chi connectivity index (χ1v) is 9.32. The maximum atomic E-state index is 12.6. The molecule has 7 heteroatoms. The Morgan fingerprint density at radius 2 is 2.21 bits per heavy atom. The number of fused-ring (bicyclic) bond motifs is 1. The number of aromatic nitrogens is 3. The van der Waals surface area contributed by atoms with Crippen molar-refractivity contribution in [2.24, 2.45) is 0 Å². The number of aryl methyl sites for hydroxylation is 2.